The minimum Gasteiger partial charge on any atom is -0.366 e. The van der Waals surface area contributed by atoms with Crippen molar-refractivity contribution in [2.45, 2.75) is 19.3 Å². The molecule has 3 rings (SSSR count). The largest absolute Gasteiger partial charge is 0.366 e. The molecule has 0 saturated heterocycles. The van der Waals surface area contributed by atoms with Crippen LogP contribution in [0.2, 0.25) is 0 Å². The molecular formula is C8H10N6O. The van der Waals surface area contributed by atoms with Crippen molar-refractivity contribution in [3.05, 3.63) is 5.82 Å². The number of aromatic nitrogens is 5. The number of nitrogen functional groups attached to an aromatic ring is 1. The molecule has 2 heterocycles. The van der Waals surface area contributed by atoms with Crippen LogP contribution in [0, 0.1) is 5.92 Å². The highest BCUT2D eigenvalue weighted by Crippen LogP contribution is 2.32. The predicted molar refractivity (Wildman–Crippen MR) is 50.5 cm³/mol. The first-order chi connectivity index (χ1) is 7.31. The van der Waals surface area contributed by atoms with Gasteiger partial charge < -0.3 is 10.3 Å². The monoisotopic (exact) mass is 206 g/mol. The molecule has 1 fully saturated rings. The molecule has 1 aliphatic carbocycles. The van der Waals surface area contributed by atoms with Crippen molar-refractivity contribution in [1.82, 2.24) is 25.3 Å². The number of anilines is 1. The molecule has 0 radical (unpaired) electrons. The first kappa shape index (κ1) is 8.39. The van der Waals surface area contributed by atoms with Crippen LogP contribution in [0.4, 0.5) is 5.95 Å². The molecule has 3 N–H and O–H groups in total. The minimum atomic E-state index is 0.173. The van der Waals surface area contributed by atoms with Crippen LogP contribution >= 0.6 is 0 Å². The third kappa shape index (κ3) is 1.67. The van der Waals surface area contributed by atoms with Gasteiger partial charge in [0.2, 0.25) is 11.8 Å². The fourth-order valence-corrected chi connectivity index (χ4v) is 1.38. The summed E-state index contributed by atoms with van der Waals surface area (Å²) in [4.78, 5) is 8.11. The van der Waals surface area contributed by atoms with Gasteiger partial charge in [0.15, 0.2) is 5.82 Å². The van der Waals surface area contributed by atoms with E-state index in [4.69, 9.17) is 10.3 Å². The lowest BCUT2D eigenvalue weighted by molar-refractivity contribution is 0.418. The summed E-state index contributed by atoms with van der Waals surface area (Å²) in [5.74, 6) is 2.39. The van der Waals surface area contributed by atoms with Gasteiger partial charge in [-0.2, -0.15) is 9.97 Å². The number of hydrogen-bond acceptors (Lipinski definition) is 6. The van der Waals surface area contributed by atoms with Crippen molar-refractivity contribution in [2.75, 3.05) is 5.73 Å². The zero-order chi connectivity index (χ0) is 10.3. The van der Waals surface area contributed by atoms with Gasteiger partial charge in [-0.1, -0.05) is 5.16 Å². The number of aromatic amines is 1. The molecule has 0 unspecified atom stereocenters. The molecule has 0 aliphatic heterocycles. The number of H-pyrrole nitrogens is 1. The van der Waals surface area contributed by atoms with Gasteiger partial charge in [-0.15, -0.1) is 5.10 Å². The Kier molecular flexibility index (Phi) is 1.70. The van der Waals surface area contributed by atoms with Gasteiger partial charge in [-0.05, 0) is 18.8 Å². The van der Waals surface area contributed by atoms with Crippen LogP contribution in [0.25, 0.3) is 11.7 Å². The SMILES string of the molecule is Nc1n[nH]c(-c2nc(CC3CC3)no2)n1. The molecule has 7 nitrogen and oxygen atoms in total. The average molecular weight is 206 g/mol. The van der Waals surface area contributed by atoms with Crippen molar-refractivity contribution in [2.24, 2.45) is 5.92 Å². The number of nitrogens with two attached hydrogens (primary N) is 1. The second-order valence-corrected chi connectivity index (χ2v) is 3.71. The van der Waals surface area contributed by atoms with Crippen molar-refractivity contribution >= 4 is 5.95 Å². The van der Waals surface area contributed by atoms with Gasteiger partial charge in [-0.3, -0.25) is 5.10 Å². The second-order valence-electron chi connectivity index (χ2n) is 3.71. The van der Waals surface area contributed by atoms with E-state index in [9.17, 15) is 0 Å². The van der Waals surface area contributed by atoms with Gasteiger partial charge >= 0.3 is 0 Å². The van der Waals surface area contributed by atoms with E-state index in [0.29, 0.717) is 11.7 Å². The lowest BCUT2D eigenvalue weighted by Gasteiger charge is -1.85. The standard InChI is InChI=1S/C8H10N6O/c9-8-11-6(12-13-8)7-10-5(14-15-7)3-4-1-2-4/h4H,1-3H2,(H3,9,11,12,13). The molecule has 0 bridgehead atoms. The van der Waals surface area contributed by atoms with Crippen LogP contribution in [0.3, 0.4) is 0 Å². The third-order valence-electron chi connectivity index (χ3n) is 2.34. The summed E-state index contributed by atoms with van der Waals surface area (Å²) in [5.41, 5.74) is 5.37. The second kappa shape index (κ2) is 3.04. The van der Waals surface area contributed by atoms with Crippen LogP contribution < -0.4 is 5.73 Å². The normalized spacial score (nSPS) is 15.7. The van der Waals surface area contributed by atoms with Gasteiger partial charge in [0.05, 0.1) is 0 Å². The van der Waals surface area contributed by atoms with Crippen molar-refractivity contribution in [3.8, 4) is 11.7 Å². The van der Waals surface area contributed by atoms with Crippen molar-refractivity contribution < 1.29 is 4.52 Å². The van der Waals surface area contributed by atoms with Gasteiger partial charge in [-0.25, -0.2) is 0 Å². The third-order valence-corrected chi connectivity index (χ3v) is 2.34. The van der Waals surface area contributed by atoms with Gasteiger partial charge in [0, 0.05) is 6.42 Å². The van der Waals surface area contributed by atoms with Crippen LogP contribution in [0.5, 0.6) is 0 Å². The van der Waals surface area contributed by atoms with Crippen LogP contribution in [0.15, 0.2) is 4.52 Å². The summed E-state index contributed by atoms with van der Waals surface area (Å²) in [6, 6.07) is 0. The Balaban J connectivity index is 1.82. The maximum atomic E-state index is 5.37. The fourth-order valence-electron chi connectivity index (χ4n) is 1.38. The maximum absolute atomic E-state index is 5.37. The Morgan fingerprint density at radius 3 is 2.93 bits per heavy atom. The number of nitrogens with one attached hydrogen (secondary N) is 1. The van der Waals surface area contributed by atoms with E-state index in [1.807, 2.05) is 0 Å². The highest BCUT2D eigenvalue weighted by Gasteiger charge is 2.24. The van der Waals surface area contributed by atoms with Crippen LogP contribution in [-0.2, 0) is 6.42 Å². The van der Waals surface area contributed by atoms with Crippen molar-refractivity contribution in [1.29, 1.82) is 0 Å². The van der Waals surface area contributed by atoms with Crippen LogP contribution in [0.1, 0.15) is 18.7 Å². The van der Waals surface area contributed by atoms with E-state index in [-0.39, 0.29) is 5.95 Å². The molecule has 0 atom stereocenters. The molecule has 2 aromatic rings. The molecule has 7 heteroatoms. The summed E-state index contributed by atoms with van der Waals surface area (Å²) >= 11 is 0. The van der Waals surface area contributed by atoms with E-state index in [2.05, 4.69) is 25.3 Å². The number of nitrogens with zero attached hydrogens (tertiary/aromatic N) is 4. The number of hydrogen-bond donors (Lipinski definition) is 2. The molecule has 1 aliphatic rings. The minimum absolute atomic E-state index is 0.173. The summed E-state index contributed by atoms with van der Waals surface area (Å²) < 4.78 is 5.04. The fraction of sp³-hybridized carbons (Fsp3) is 0.500. The highest BCUT2D eigenvalue weighted by molar-refractivity contribution is 5.41. The Morgan fingerprint density at radius 1 is 1.40 bits per heavy atom. The Hall–Kier alpha value is -1.92. The summed E-state index contributed by atoms with van der Waals surface area (Å²) in [6.07, 6.45) is 3.41. The molecule has 78 valence electrons. The van der Waals surface area contributed by atoms with Crippen molar-refractivity contribution in [3.63, 3.8) is 0 Å². The summed E-state index contributed by atoms with van der Waals surface area (Å²) in [6.45, 7) is 0. The summed E-state index contributed by atoms with van der Waals surface area (Å²) in [7, 11) is 0. The molecule has 2 aromatic heterocycles. The van der Waals surface area contributed by atoms with Gasteiger partial charge in [0.1, 0.15) is 0 Å². The molecule has 0 aromatic carbocycles. The molecular weight excluding hydrogens is 196 g/mol. The lowest BCUT2D eigenvalue weighted by Crippen LogP contribution is -1.89. The lowest BCUT2D eigenvalue weighted by atomic mass is 10.3. The first-order valence-corrected chi connectivity index (χ1v) is 4.82. The zero-order valence-corrected chi connectivity index (χ0v) is 7.97. The number of rotatable bonds is 3. The van der Waals surface area contributed by atoms with Gasteiger partial charge in [0.25, 0.3) is 5.89 Å². The Bertz CT molecular complexity index is 471. The predicted octanol–water partition coefficient (Wildman–Crippen LogP) is 0.389. The van der Waals surface area contributed by atoms with E-state index in [1.165, 1.54) is 12.8 Å². The average Bonchev–Trinajstić information content (AvgIpc) is 2.74. The zero-order valence-electron chi connectivity index (χ0n) is 7.97. The van der Waals surface area contributed by atoms with E-state index in [1.54, 1.807) is 0 Å². The quantitative estimate of drug-likeness (QED) is 0.752. The molecule has 0 spiro atoms. The Morgan fingerprint density at radius 2 is 2.27 bits per heavy atom. The Labute approximate surface area is 85.1 Å². The first-order valence-electron chi connectivity index (χ1n) is 4.82. The highest BCUT2D eigenvalue weighted by atomic mass is 16.5. The van der Waals surface area contributed by atoms with E-state index in [0.717, 1.165) is 18.2 Å². The molecule has 15 heavy (non-hydrogen) atoms. The van der Waals surface area contributed by atoms with E-state index < -0.39 is 0 Å². The smallest absolute Gasteiger partial charge is 0.295 e. The topological polar surface area (TPSA) is 107 Å². The maximum Gasteiger partial charge on any atom is 0.295 e. The summed E-state index contributed by atoms with van der Waals surface area (Å²) in [5, 5.41) is 10.2. The molecule has 0 amide bonds. The van der Waals surface area contributed by atoms with E-state index >= 15 is 0 Å². The molecule has 1 saturated carbocycles. The van der Waals surface area contributed by atoms with Crippen LogP contribution in [-0.4, -0.2) is 25.3 Å².